The summed E-state index contributed by atoms with van der Waals surface area (Å²) in [5.41, 5.74) is 1.71. The molecule has 0 N–H and O–H groups in total. The van der Waals surface area contributed by atoms with E-state index in [9.17, 15) is 9.18 Å². The van der Waals surface area contributed by atoms with Crippen molar-refractivity contribution in [3.05, 3.63) is 65.5 Å². The Morgan fingerprint density at radius 1 is 1.05 bits per heavy atom. The molecule has 19 heavy (non-hydrogen) atoms. The lowest BCUT2D eigenvalue weighted by molar-refractivity contribution is 0.0818. The van der Waals surface area contributed by atoms with Crippen molar-refractivity contribution in [3.63, 3.8) is 0 Å². The Morgan fingerprint density at radius 2 is 1.63 bits per heavy atom. The van der Waals surface area contributed by atoms with Crippen LogP contribution in [-0.2, 0) is 0 Å². The second-order valence-electron chi connectivity index (χ2n) is 4.44. The predicted octanol–water partition coefficient (Wildman–Crippen LogP) is 3.78. The van der Waals surface area contributed by atoms with E-state index in [2.05, 4.69) is 0 Å². The molecule has 1 atom stereocenters. The van der Waals surface area contributed by atoms with E-state index in [1.165, 1.54) is 24.3 Å². The lowest BCUT2D eigenvalue weighted by Gasteiger charge is -2.13. The van der Waals surface area contributed by atoms with Gasteiger partial charge in [0.05, 0.1) is 0 Å². The molecule has 0 bridgehead atoms. The smallest absolute Gasteiger partial charge is 0.202 e. The molecule has 98 valence electrons. The van der Waals surface area contributed by atoms with Gasteiger partial charge in [0.2, 0.25) is 5.78 Å². The Kier molecular flexibility index (Phi) is 3.95. The number of aryl methyl sites for hydroxylation is 1. The van der Waals surface area contributed by atoms with Crippen molar-refractivity contribution in [2.75, 3.05) is 0 Å². The molecule has 0 saturated heterocycles. The first-order chi connectivity index (χ1) is 9.06. The maximum atomic E-state index is 12.8. The van der Waals surface area contributed by atoms with Crippen LogP contribution >= 0.6 is 0 Å². The second kappa shape index (κ2) is 5.65. The van der Waals surface area contributed by atoms with Crippen molar-refractivity contribution in [1.82, 2.24) is 0 Å². The third kappa shape index (κ3) is 3.41. The van der Waals surface area contributed by atoms with Gasteiger partial charge in [0.15, 0.2) is 6.10 Å². The Labute approximate surface area is 111 Å². The molecule has 0 fully saturated rings. The molecule has 1 unspecified atom stereocenters. The molecule has 0 aliphatic carbocycles. The van der Waals surface area contributed by atoms with E-state index in [1.807, 2.05) is 19.1 Å². The van der Waals surface area contributed by atoms with E-state index in [0.717, 1.165) is 5.56 Å². The molecular weight excluding hydrogens is 243 g/mol. The summed E-state index contributed by atoms with van der Waals surface area (Å²) in [4.78, 5) is 12.1. The molecule has 0 amide bonds. The van der Waals surface area contributed by atoms with E-state index < -0.39 is 6.10 Å². The molecule has 2 aromatic rings. The monoisotopic (exact) mass is 258 g/mol. The summed E-state index contributed by atoms with van der Waals surface area (Å²) in [5, 5.41) is 0. The number of Topliss-reactive ketones (excluding diaryl/α,β-unsaturated/α-hetero) is 1. The largest absolute Gasteiger partial charge is 0.483 e. The van der Waals surface area contributed by atoms with E-state index >= 15 is 0 Å². The normalized spacial score (nSPS) is 11.9. The zero-order chi connectivity index (χ0) is 13.8. The molecule has 0 saturated carbocycles. The molecule has 0 heterocycles. The van der Waals surface area contributed by atoms with Crippen molar-refractivity contribution < 1.29 is 13.9 Å². The highest BCUT2D eigenvalue weighted by atomic mass is 19.1. The number of rotatable bonds is 4. The average Bonchev–Trinajstić information content (AvgIpc) is 2.41. The number of hydrogen-bond donors (Lipinski definition) is 0. The molecule has 0 aliphatic rings. The number of ketones is 1. The van der Waals surface area contributed by atoms with Crippen LogP contribution in [-0.4, -0.2) is 11.9 Å². The molecule has 2 rings (SSSR count). The van der Waals surface area contributed by atoms with Crippen LogP contribution < -0.4 is 4.74 Å². The fraction of sp³-hybridized carbons (Fsp3) is 0.188. The van der Waals surface area contributed by atoms with Crippen molar-refractivity contribution in [2.45, 2.75) is 20.0 Å². The van der Waals surface area contributed by atoms with Crippen molar-refractivity contribution in [1.29, 1.82) is 0 Å². The van der Waals surface area contributed by atoms with Crippen LogP contribution in [0.5, 0.6) is 5.75 Å². The summed E-state index contributed by atoms with van der Waals surface area (Å²) in [5.74, 6) is 0.0588. The molecule has 2 aromatic carbocycles. The van der Waals surface area contributed by atoms with E-state index in [-0.39, 0.29) is 11.6 Å². The van der Waals surface area contributed by atoms with Crippen LogP contribution in [0.25, 0.3) is 0 Å². The van der Waals surface area contributed by atoms with Crippen LogP contribution in [0.15, 0.2) is 48.5 Å². The topological polar surface area (TPSA) is 26.3 Å². The van der Waals surface area contributed by atoms with Gasteiger partial charge in [-0.2, -0.15) is 0 Å². The zero-order valence-electron chi connectivity index (χ0n) is 10.9. The van der Waals surface area contributed by atoms with Gasteiger partial charge in [0, 0.05) is 5.56 Å². The van der Waals surface area contributed by atoms with Crippen LogP contribution in [0.2, 0.25) is 0 Å². The SMILES string of the molecule is Cc1ccc(C(=O)C(C)Oc2ccc(F)cc2)cc1. The Hall–Kier alpha value is -2.16. The van der Waals surface area contributed by atoms with Crippen LogP contribution in [0.1, 0.15) is 22.8 Å². The van der Waals surface area contributed by atoms with Crippen LogP contribution in [0.3, 0.4) is 0 Å². The lowest BCUT2D eigenvalue weighted by Crippen LogP contribution is -2.23. The van der Waals surface area contributed by atoms with Gasteiger partial charge >= 0.3 is 0 Å². The Bertz CT molecular complexity index is 558. The van der Waals surface area contributed by atoms with Crippen molar-refractivity contribution in [2.24, 2.45) is 0 Å². The van der Waals surface area contributed by atoms with Gasteiger partial charge < -0.3 is 4.74 Å². The highest BCUT2D eigenvalue weighted by Crippen LogP contribution is 2.15. The first kappa shape index (κ1) is 13.3. The minimum atomic E-state index is -0.604. The van der Waals surface area contributed by atoms with Gasteiger partial charge in [0.25, 0.3) is 0 Å². The third-order valence-electron chi connectivity index (χ3n) is 2.83. The zero-order valence-corrected chi connectivity index (χ0v) is 10.9. The van der Waals surface area contributed by atoms with Crippen molar-refractivity contribution >= 4 is 5.78 Å². The number of carbonyl (C=O) groups excluding carboxylic acids is 1. The molecule has 2 nitrogen and oxygen atoms in total. The minimum absolute atomic E-state index is 0.0932. The van der Waals surface area contributed by atoms with Gasteiger partial charge in [0.1, 0.15) is 11.6 Å². The molecule has 0 spiro atoms. The maximum Gasteiger partial charge on any atom is 0.202 e. The van der Waals surface area contributed by atoms with Gasteiger partial charge in [-0.15, -0.1) is 0 Å². The quantitative estimate of drug-likeness (QED) is 0.780. The fourth-order valence-corrected chi connectivity index (χ4v) is 1.72. The number of halogens is 1. The standard InChI is InChI=1S/C16H15FO2/c1-11-3-5-13(6-4-11)16(18)12(2)19-15-9-7-14(17)8-10-15/h3-10,12H,1-2H3. The minimum Gasteiger partial charge on any atom is -0.483 e. The molecule has 0 aromatic heterocycles. The second-order valence-corrected chi connectivity index (χ2v) is 4.44. The molecule has 3 heteroatoms. The van der Waals surface area contributed by atoms with E-state index in [0.29, 0.717) is 11.3 Å². The van der Waals surface area contributed by atoms with E-state index in [4.69, 9.17) is 4.74 Å². The summed E-state index contributed by atoms with van der Waals surface area (Å²) < 4.78 is 18.3. The first-order valence-corrected chi connectivity index (χ1v) is 6.09. The van der Waals surface area contributed by atoms with Crippen LogP contribution in [0, 0.1) is 12.7 Å². The summed E-state index contributed by atoms with van der Waals surface area (Å²) in [6, 6.07) is 13.0. The first-order valence-electron chi connectivity index (χ1n) is 6.09. The van der Waals surface area contributed by atoms with E-state index in [1.54, 1.807) is 19.1 Å². The molecular formula is C16H15FO2. The number of hydrogen-bond acceptors (Lipinski definition) is 2. The summed E-state index contributed by atoms with van der Waals surface area (Å²) in [6.07, 6.45) is -0.604. The summed E-state index contributed by atoms with van der Waals surface area (Å²) in [7, 11) is 0. The van der Waals surface area contributed by atoms with Gasteiger partial charge in [-0.25, -0.2) is 4.39 Å². The van der Waals surface area contributed by atoms with Crippen LogP contribution in [0.4, 0.5) is 4.39 Å². The highest BCUT2D eigenvalue weighted by Gasteiger charge is 2.16. The third-order valence-corrected chi connectivity index (χ3v) is 2.83. The Balaban J connectivity index is 2.07. The number of carbonyl (C=O) groups is 1. The lowest BCUT2D eigenvalue weighted by atomic mass is 10.1. The number of benzene rings is 2. The highest BCUT2D eigenvalue weighted by molar-refractivity contribution is 5.99. The number of ether oxygens (including phenoxy) is 1. The Morgan fingerprint density at radius 3 is 2.21 bits per heavy atom. The predicted molar refractivity (Wildman–Crippen MR) is 72.0 cm³/mol. The van der Waals surface area contributed by atoms with Gasteiger partial charge in [-0.1, -0.05) is 29.8 Å². The summed E-state index contributed by atoms with van der Waals surface area (Å²) in [6.45, 7) is 3.65. The van der Waals surface area contributed by atoms with Gasteiger partial charge in [-0.3, -0.25) is 4.79 Å². The average molecular weight is 258 g/mol. The summed E-state index contributed by atoms with van der Waals surface area (Å²) >= 11 is 0. The maximum absolute atomic E-state index is 12.8. The fourth-order valence-electron chi connectivity index (χ4n) is 1.72. The molecule has 0 radical (unpaired) electrons. The van der Waals surface area contributed by atoms with Gasteiger partial charge in [-0.05, 0) is 38.1 Å². The van der Waals surface area contributed by atoms with Crippen molar-refractivity contribution in [3.8, 4) is 5.75 Å². The molecule has 0 aliphatic heterocycles.